The van der Waals surface area contributed by atoms with Crippen LogP contribution in [0.1, 0.15) is 11.4 Å². The Hall–Kier alpha value is -3.82. The summed E-state index contributed by atoms with van der Waals surface area (Å²) >= 11 is 2.17. The first-order valence-electron chi connectivity index (χ1n) is 10.5. The topological polar surface area (TPSA) is 187 Å². The number of allylic oxidation sites excluding steroid dienone is 2. The lowest BCUT2D eigenvalue weighted by Crippen LogP contribution is -2.71. The van der Waals surface area contributed by atoms with E-state index in [2.05, 4.69) is 19.8 Å². The molecule has 2 aromatic rings. The molecule has 2 aliphatic heterocycles. The molecule has 188 valence electrons. The number of hydrogen-bond acceptors (Lipinski definition) is 12. The van der Waals surface area contributed by atoms with Crippen molar-refractivity contribution < 1.29 is 34.0 Å². The highest BCUT2D eigenvalue weighted by Gasteiger charge is 2.53. The predicted molar refractivity (Wildman–Crippen MR) is 127 cm³/mol. The number of carbonyl (C=O) groups is 3. The van der Waals surface area contributed by atoms with Crippen molar-refractivity contribution in [3.63, 3.8) is 0 Å². The van der Waals surface area contributed by atoms with Crippen LogP contribution in [0.3, 0.4) is 0 Å². The summed E-state index contributed by atoms with van der Waals surface area (Å²) in [6, 6.07) is 2.59. The number of oxime groups is 1. The van der Waals surface area contributed by atoms with Crippen molar-refractivity contribution in [2.75, 3.05) is 18.6 Å². The molecule has 0 aromatic carbocycles. The largest absolute Gasteiger partial charge is 0.543 e. The Balaban J connectivity index is 1.48. The van der Waals surface area contributed by atoms with Gasteiger partial charge >= 0.3 is 0 Å². The number of nitrogens with zero attached hydrogens (tertiary/aromatic N) is 5. The van der Waals surface area contributed by atoms with E-state index >= 15 is 0 Å². The minimum absolute atomic E-state index is 0.0538. The fraction of sp³-hybridized carbons (Fsp3) is 0.286. The van der Waals surface area contributed by atoms with Crippen LogP contribution in [0, 0.1) is 0 Å². The second-order valence-corrected chi connectivity index (χ2v) is 9.46. The first kappa shape index (κ1) is 25.3. The van der Waals surface area contributed by atoms with Gasteiger partial charge in [-0.05, 0) is 17.7 Å². The summed E-state index contributed by atoms with van der Waals surface area (Å²) in [6.07, 6.45) is 6.97. The summed E-state index contributed by atoms with van der Waals surface area (Å²) in [5.41, 5.74) is 6.22. The van der Waals surface area contributed by atoms with Crippen LogP contribution in [0.25, 0.3) is 0 Å². The van der Waals surface area contributed by atoms with Gasteiger partial charge in [-0.15, -0.1) is 11.8 Å². The molecule has 36 heavy (non-hydrogen) atoms. The molecule has 0 bridgehead atoms. The van der Waals surface area contributed by atoms with Gasteiger partial charge in [-0.25, -0.2) is 4.57 Å². The Bertz CT molecular complexity index is 1290. The molecular formula is C21H21N7O6S2. The van der Waals surface area contributed by atoms with Crippen molar-refractivity contribution in [3.8, 4) is 0 Å². The SMILES string of the molecule is CON=C(C(=O)NC1C(=O)N2C(C(=O)[O-])=C(C=CC[n+]3cccc(CO)c3)CS[C@@H]12)c1nsc(N)n1. The Kier molecular flexibility index (Phi) is 7.61. The number of aliphatic carboxylic acids is 1. The summed E-state index contributed by atoms with van der Waals surface area (Å²) in [5, 5.41) is 26.9. The van der Waals surface area contributed by atoms with E-state index in [9.17, 15) is 24.6 Å². The van der Waals surface area contributed by atoms with Crippen LogP contribution in [0.5, 0.6) is 0 Å². The van der Waals surface area contributed by atoms with Crippen molar-refractivity contribution in [1.82, 2.24) is 19.6 Å². The molecule has 4 heterocycles. The minimum Gasteiger partial charge on any atom is -0.543 e. The zero-order valence-corrected chi connectivity index (χ0v) is 20.5. The van der Waals surface area contributed by atoms with Crippen LogP contribution in [0.2, 0.25) is 0 Å². The van der Waals surface area contributed by atoms with E-state index in [4.69, 9.17) is 10.6 Å². The second kappa shape index (κ2) is 10.8. The number of nitrogens with one attached hydrogen (secondary N) is 1. The van der Waals surface area contributed by atoms with Crippen molar-refractivity contribution in [2.24, 2.45) is 5.16 Å². The maximum absolute atomic E-state index is 12.9. The third kappa shape index (κ3) is 5.07. The van der Waals surface area contributed by atoms with Gasteiger partial charge in [0, 0.05) is 28.9 Å². The van der Waals surface area contributed by atoms with E-state index in [1.54, 1.807) is 30.5 Å². The highest BCUT2D eigenvalue weighted by atomic mass is 32.2. The van der Waals surface area contributed by atoms with Crippen molar-refractivity contribution in [2.45, 2.75) is 24.6 Å². The average Bonchev–Trinajstić information content (AvgIpc) is 3.30. The fourth-order valence-corrected chi connectivity index (χ4v) is 5.43. The molecule has 1 saturated heterocycles. The number of aliphatic hydroxyl groups is 1. The first-order valence-corrected chi connectivity index (χ1v) is 12.3. The zero-order chi connectivity index (χ0) is 25.8. The van der Waals surface area contributed by atoms with Crippen LogP contribution >= 0.6 is 23.3 Å². The molecule has 4 rings (SSSR count). The van der Waals surface area contributed by atoms with Gasteiger partial charge in [0.05, 0.1) is 18.3 Å². The van der Waals surface area contributed by atoms with E-state index in [1.807, 2.05) is 10.8 Å². The molecule has 0 radical (unpaired) electrons. The maximum Gasteiger partial charge on any atom is 0.278 e. The molecule has 2 aliphatic rings. The number of nitrogen functional groups attached to an aromatic ring is 1. The number of thioether (sulfide) groups is 1. The second-order valence-electron chi connectivity index (χ2n) is 7.57. The van der Waals surface area contributed by atoms with Crippen molar-refractivity contribution in [1.29, 1.82) is 0 Å². The zero-order valence-electron chi connectivity index (χ0n) is 18.9. The molecule has 15 heteroatoms. The highest BCUT2D eigenvalue weighted by Crippen LogP contribution is 2.40. The number of aromatic nitrogens is 3. The Morgan fingerprint density at radius 2 is 2.31 bits per heavy atom. The molecule has 2 amide bonds. The third-order valence-electron chi connectivity index (χ3n) is 5.27. The average molecular weight is 532 g/mol. The van der Waals surface area contributed by atoms with Crippen LogP contribution in [-0.4, -0.2) is 67.1 Å². The molecule has 1 unspecified atom stereocenters. The number of hydrogen-bond donors (Lipinski definition) is 3. The lowest BCUT2D eigenvalue weighted by molar-refractivity contribution is -0.687. The normalized spacial score (nSPS) is 19.8. The lowest BCUT2D eigenvalue weighted by Gasteiger charge is -2.50. The first-order chi connectivity index (χ1) is 17.3. The summed E-state index contributed by atoms with van der Waals surface area (Å²) in [4.78, 5) is 47.3. The highest BCUT2D eigenvalue weighted by molar-refractivity contribution is 8.00. The maximum atomic E-state index is 12.9. The predicted octanol–water partition coefficient (Wildman–Crippen LogP) is -2.09. The van der Waals surface area contributed by atoms with Gasteiger partial charge in [0.2, 0.25) is 11.5 Å². The van der Waals surface area contributed by atoms with Gasteiger partial charge in [0.15, 0.2) is 24.1 Å². The molecule has 13 nitrogen and oxygen atoms in total. The number of nitrogens with two attached hydrogens (primary N) is 1. The number of fused-ring (bicyclic) bond motifs is 1. The molecule has 1 fully saturated rings. The van der Waals surface area contributed by atoms with E-state index in [0.29, 0.717) is 12.1 Å². The summed E-state index contributed by atoms with van der Waals surface area (Å²) in [7, 11) is 1.24. The Morgan fingerprint density at radius 1 is 1.50 bits per heavy atom. The molecule has 0 saturated carbocycles. The fourth-order valence-electron chi connectivity index (χ4n) is 3.68. The van der Waals surface area contributed by atoms with E-state index in [-0.39, 0.29) is 34.7 Å². The van der Waals surface area contributed by atoms with E-state index in [0.717, 1.165) is 22.0 Å². The monoisotopic (exact) mass is 531 g/mol. The van der Waals surface area contributed by atoms with Crippen LogP contribution in [0.4, 0.5) is 5.13 Å². The van der Waals surface area contributed by atoms with Crippen molar-refractivity contribution >= 4 is 51.9 Å². The van der Waals surface area contributed by atoms with Crippen LogP contribution in [0.15, 0.2) is 53.1 Å². The third-order valence-corrected chi connectivity index (χ3v) is 7.11. The van der Waals surface area contributed by atoms with Gasteiger partial charge in [-0.1, -0.05) is 11.2 Å². The molecular weight excluding hydrogens is 510 g/mol. The van der Waals surface area contributed by atoms with E-state index in [1.165, 1.54) is 18.9 Å². The van der Waals surface area contributed by atoms with Crippen LogP contribution in [-0.2, 0) is 32.4 Å². The van der Waals surface area contributed by atoms with E-state index < -0.39 is 29.2 Å². The Morgan fingerprint density at radius 3 is 2.97 bits per heavy atom. The molecule has 0 spiro atoms. The summed E-state index contributed by atoms with van der Waals surface area (Å²) < 4.78 is 5.75. The number of pyridine rings is 1. The molecule has 2 atom stereocenters. The number of amides is 2. The molecule has 2 aromatic heterocycles. The lowest BCUT2D eigenvalue weighted by atomic mass is 10.0. The minimum atomic E-state index is -1.49. The smallest absolute Gasteiger partial charge is 0.278 e. The number of carboxylic acids is 1. The summed E-state index contributed by atoms with van der Waals surface area (Å²) in [5.74, 6) is -2.62. The number of anilines is 1. The molecule has 4 N–H and O–H groups in total. The van der Waals surface area contributed by atoms with Gasteiger partial charge in [0.25, 0.3) is 11.8 Å². The van der Waals surface area contributed by atoms with Crippen molar-refractivity contribution in [3.05, 3.63) is 59.3 Å². The quantitative estimate of drug-likeness (QED) is 0.140. The number of aliphatic hydroxyl groups excluding tert-OH is 1. The van der Waals surface area contributed by atoms with Gasteiger partial charge < -0.3 is 30.9 Å². The van der Waals surface area contributed by atoms with Gasteiger partial charge in [-0.3, -0.25) is 14.5 Å². The Labute approximate surface area is 213 Å². The number of rotatable bonds is 9. The standard InChI is InChI=1S/C21H21N7O6S2/c1-34-25-13(16-24-21(22)36-26-16)17(30)23-14-18(31)28-15(20(32)33)12(10-35-19(14)28)5-3-7-27-6-2-4-11(8-27)9-29/h2-6,8,14,19,29H,7,9-10H2,1H3,(H3-,22,23,24,26,30,32,33)/t14?,19-/m0/s1. The number of β-lactam (4-membered cyclic amide) rings is 1. The van der Waals surface area contributed by atoms with Gasteiger partial charge in [-0.2, -0.15) is 9.36 Å². The van der Waals surface area contributed by atoms with Gasteiger partial charge in [0.1, 0.15) is 18.5 Å². The molecule has 0 aliphatic carbocycles. The number of carboxylic acid groups (broad SMARTS) is 1. The summed E-state index contributed by atoms with van der Waals surface area (Å²) in [6.45, 7) is 0.333. The van der Waals surface area contributed by atoms with Crippen LogP contribution < -0.4 is 20.7 Å². The number of carbonyl (C=O) groups excluding carboxylic acids is 3.